The van der Waals surface area contributed by atoms with Crippen molar-refractivity contribution < 1.29 is 14.6 Å². The van der Waals surface area contributed by atoms with Gasteiger partial charge in [0.25, 0.3) is 0 Å². The number of aliphatic hydroxyl groups is 1. The van der Waals surface area contributed by atoms with Crippen LogP contribution < -0.4 is 10.6 Å². The van der Waals surface area contributed by atoms with Gasteiger partial charge < -0.3 is 20.5 Å². The van der Waals surface area contributed by atoms with Gasteiger partial charge in [0.15, 0.2) is 0 Å². The number of rotatable bonds is 8. The molecule has 0 aliphatic rings. The predicted octanol–water partition coefficient (Wildman–Crippen LogP) is -0.502. The monoisotopic (exact) mass is 218 g/mol. The van der Waals surface area contributed by atoms with E-state index in [0.717, 1.165) is 6.42 Å². The lowest BCUT2D eigenvalue weighted by Gasteiger charge is -2.17. The number of carbonyl (C=O) groups is 1. The normalized spacial score (nSPS) is 14.7. The molecule has 0 heterocycles. The molecule has 2 atom stereocenters. The SMILES string of the molecule is COCCCNC(=O)C(C)NC(C)CO. The van der Waals surface area contributed by atoms with Crippen molar-refractivity contribution in [3.05, 3.63) is 0 Å². The molecular weight excluding hydrogens is 196 g/mol. The second-order valence-corrected chi connectivity index (χ2v) is 3.61. The zero-order valence-corrected chi connectivity index (χ0v) is 9.75. The van der Waals surface area contributed by atoms with Crippen LogP contribution in [0.5, 0.6) is 0 Å². The van der Waals surface area contributed by atoms with Crippen molar-refractivity contribution in [2.75, 3.05) is 26.9 Å². The number of hydrogen-bond donors (Lipinski definition) is 3. The first-order valence-corrected chi connectivity index (χ1v) is 5.25. The van der Waals surface area contributed by atoms with Crippen molar-refractivity contribution >= 4 is 5.91 Å². The van der Waals surface area contributed by atoms with E-state index in [0.29, 0.717) is 13.2 Å². The summed E-state index contributed by atoms with van der Waals surface area (Å²) < 4.78 is 4.87. The molecule has 5 nitrogen and oxygen atoms in total. The molecule has 0 spiro atoms. The van der Waals surface area contributed by atoms with E-state index in [9.17, 15) is 4.79 Å². The number of aliphatic hydroxyl groups excluding tert-OH is 1. The first-order valence-electron chi connectivity index (χ1n) is 5.25. The largest absolute Gasteiger partial charge is 0.395 e. The van der Waals surface area contributed by atoms with Gasteiger partial charge in [0.05, 0.1) is 12.6 Å². The molecule has 0 saturated carbocycles. The standard InChI is InChI=1S/C10H22N2O3/c1-8(7-13)12-9(2)10(14)11-5-4-6-15-3/h8-9,12-13H,4-7H2,1-3H3,(H,11,14). The molecular formula is C10H22N2O3. The van der Waals surface area contributed by atoms with Crippen molar-refractivity contribution in [1.82, 2.24) is 10.6 Å². The maximum atomic E-state index is 11.5. The Balaban J connectivity index is 3.60. The minimum absolute atomic E-state index is 0.0291. The average Bonchev–Trinajstić information content (AvgIpc) is 2.23. The third-order valence-electron chi connectivity index (χ3n) is 2.03. The van der Waals surface area contributed by atoms with Gasteiger partial charge in [-0.05, 0) is 20.3 Å². The minimum atomic E-state index is -0.283. The van der Waals surface area contributed by atoms with Crippen molar-refractivity contribution in [3.8, 4) is 0 Å². The predicted molar refractivity (Wildman–Crippen MR) is 58.6 cm³/mol. The summed E-state index contributed by atoms with van der Waals surface area (Å²) in [6.45, 7) is 4.90. The van der Waals surface area contributed by atoms with Crippen molar-refractivity contribution in [2.24, 2.45) is 0 Å². The molecule has 0 radical (unpaired) electrons. The van der Waals surface area contributed by atoms with Gasteiger partial charge in [-0.15, -0.1) is 0 Å². The minimum Gasteiger partial charge on any atom is -0.395 e. The molecule has 5 heteroatoms. The van der Waals surface area contributed by atoms with Gasteiger partial charge in [0.1, 0.15) is 0 Å². The fourth-order valence-corrected chi connectivity index (χ4v) is 1.14. The number of methoxy groups -OCH3 is 1. The van der Waals surface area contributed by atoms with E-state index < -0.39 is 0 Å². The maximum Gasteiger partial charge on any atom is 0.236 e. The van der Waals surface area contributed by atoms with Crippen molar-refractivity contribution in [2.45, 2.75) is 32.4 Å². The summed E-state index contributed by atoms with van der Waals surface area (Å²) in [7, 11) is 1.63. The Hall–Kier alpha value is -0.650. The van der Waals surface area contributed by atoms with Crippen LogP contribution >= 0.6 is 0 Å². The van der Waals surface area contributed by atoms with E-state index in [2.05, 4.69) is 10.6 Å². The Kier molecular flexibility index (Phi) is 8.27. The van der Waals surface area contributed by atoms with Crippen LogP contribution in [0, 0.1) is 0 Å². The lowest BCUT2D eigenvalue weighted by atomic mass is 10.2. The van der Waals surface area contributed by atoms with E-state index >= 15 is 0 Å². The van der Waals surface area contributed by atoms with Crippen LogP contribution in [0.4, 0.5) is 0 Å². The Morgan fingerprint density at radius 1 is 1.47 bits per heavy atom. The number of amides is 1. The molecule has 0 saturated heterocycles. The molecule has 90 valence electrons. The molecule has 0 aromatic carbocycles. The fraction of sp³-hybridized carbons (Fsp3) is 0.900. The van der Waals surface area contributed by atoms with Crippen LogP contribution in [0.15, 0.2) is 0 Å². The van der Waals surface area contributed by atoms with Gasteiger partial charge in [-0.1, -0.05) is 0 Å². The van der Waals surface area contributed by atoms with Gasteiger partial charge in [-0.3, -0.25) is 4.79 Å². The third kappa shape index (κ3) is 7.30. The topological polar surface area (TPSA) is 70.6 Å². The number of ether oxygens (including phenoxy) is 1. The molecule has 0 rings (SSSR count). The highest BCUT2D eigenvalue weighted by molar-refractivity contribution is 5.81. The van der Waals surface area contributed by atoms with Gasteiger partial charge >= 0.3 is 0 Å². The molecule has 2 unspecified atom stereocenters. The summed E-state index contributed by atoms with van der Waals surface area (Å²) >= 11 is 0. The Morgan fingerprint density at radius 3 is 2.67 bits per heavy atom. The van der Waals surface area contributed by atoms with E-state index in [1.165, 1.54) is 0 Å². The van der Waals surface area contributed by atoms with Crippen LogP contribution in [-0.2, 0) is 9.53 Å². The van der Waals surface area contributed by atoms with Crippen LogP contribution in [0.2, 0.25) is 0 Å². The number of carbonyl (C=O) groups excluding carboxylic acids is 1. The quantitative estimate of drug-likeness (QED) is 0.480. The Labute approximate surface area is 91.2 Å². The van der Waals surface area contributed by atoms with Gasteiger partial charge in [-0.2, -0.15) is 0 Å². The lowest BCUT2D eigenvalue weighted by Crippen LogP contribution is -2.47. The third-order valence-corrected chi connectivity index (χ3v) is 2.03. The molecule has 0 fully saturated rings. The second kappa shape index (κ2) is 8.64. The fourth-order valence-electron chi connectivity index (χ4n) is 1.14. The molecule has 15 heavy (non-hydrogen) atoms. The highest BCUT2D eigenvalue weighted by Crippen LogP contribution is 1.87. The molecule has 3 N–H and O–H groups in total. The van der Waals surface area contributed by atoms with Crippen LogP contribution in [-0.4, -0.2) is 50.0 Å². The van der Waals surface area contributed by atoms with E-state index in [1.807, 2.05) is 6.92 Å². The zero-order chi connectivity index (χ0) is 11.7. The molecule has 1 amide bonds. The van der Waals surface area contributed by atoms with E-state index in [1.54, 1.807) is 14.0 Å². The molecule has 0 aliphatic carbocycles. The summed E-state index contributed by atoms with van der Waals surface area (Å²) in [5, 5.41) is 14.6. The number of nitrogens with one attached hydrogen (secondary N) is 2. The molecule has 0 aromatic rings. The van der Waals surface area contributed by atoms with E-state index in [4.69, 9.17) is 9.84 Å². The maximum absolute atomic E-state index is 11.5. The number of hydrogen-bond acceptors (Lipinski definition) is 4. The zero-order valence-electron chi connectivity index (χ0n) is 9.75. The summed E-state index contributed by atoms with van der Waals surface area (Å²) in [5.74, 6) is -0.0496. The van der Waals surface area contributed by atoms with Crippen molar-refractivity contribution in [1.29, 1.82) is 0 Å². The van der Waals surface area contributed by atoms with Gasteiger partial charge in [-0.25, -0.2) is 0 Å². The first kappa shape index (κ1) is 14.3. The summed E-state index contributed by atoms with van der Waals surface area (Å²) in [6, 6.07) is -0.348. The Morgan fingerprint density at radius 2 is 2.13 bits per heavy atom. The van der Waals surface area contributed by atoms with Crippen LogP contribution in [0.3, 0.4) is 0 Å². The van der Waals surface area contributed by atoms with Crippen molar-refractivity contribution in [3.63, 3.8) is 0 Å². The Bertz CT molecular complexity index is 176. The van der Waals surface area contributed by atoms with Gasteiger partial charge in [0, 0.05) is 26.3 Å². The first-order chi connectivity index (χ1) is 7.11. The van der Waals surface area contributed by atoms with Crippen LogP contribution in [0.25, 0.3) is 0 Å². The highest BCUT2D eigenvalue weighted by atomic mass is 16.5. The van der Waals surface area contributed by atoms with Gasteiger partial charge in [0.2, 0.25) is 5.91 Å². The van der Waals surface area contributed by atoms with E-state index in [-0.39, 0.29) is 24.6 Å². The summed E-state index contributed by atoms with van der Waals surface area (Å²) in [5.41, 5.74) is 0. The highest BCUT2D eigenvalue weighted by Gasteiger charge is 2.13. The lowest BCUT2D eigenvalue weighted by molar-refractivity contribution is -0.123. The molecule has 0 aromatic heterocycles. The average molecular weight is 218 g/mol. The summed E-state index contributed by atoms with van der Waals surface area (Å²) in [6.07, 6.45) is 0.810. The molecule has 0 aliphatic heterocycles. The second-order valence-electron chi connectivity index (χ2n) is 3.61. The van der Waals surface area contributed by atoms with Crippen LogP contribution in [0.1, 0.15) is 20.3 Å². The molecule has 0 bridgehead atoms. The smallest absolute Gasteiger partial charge is 0.236 e. The summed E-state index contributed by atoms with van der Waals surface area (Å²) in [4.78, 5) is 11.5.